The number of piperidine rings is 1. The number of fused-ring (bicyclic) bond motifs is 3. The number of hydrogen-bond donors (Lipinski definition) is 2. The van der Waals surface area contributed by atoms with Gasteiger partial charge in [-0.15, -0.1) is 10.2 Å². The van der Waals surface area contributed by atoms with Crippen molar-refractivity contribution in [1.29, 1.82) is 0 Å². The molecule has 2 bridgehead atoms. The fourth-order valence-electron chi connectivity index (χ4n) is 4.81. The van der Waals surface area contributed by atoms with Crippen LogP contribution in [-0.2, 0) is 7.05 Å². The third kappa shape index (κ3) is 3.21. The largest absolute Gasteiger partial charge is 0.507 e. The average molecular weight is 425 g/mol. The van der Waals surface area contributed by atoms with E-state index < -0.39 is 6.17 Å². The molecular formula is C21H24FN7O2. The highest BCUT2D eigenvalue weighted by Crippen LogP contribution is 2.39. The number of aryl methyl sites for hydroxylation is 1. The number of nitrogens with one attached hydrogen (secondary N) is 1. The number of aromatic hydroxyl groups is 1. The Kier molecular flexibility index (Phi) is 4.44. The summed E-state index contributed by atoms with van der Waals surface area (Å²) in [6.07, 6.45) is 4.43. The van der Waals surface area contributed by atoms with Crippen LogP contribution >= 0.6 is 0 Å². The van der Waals surface area contributed by atoms with Gasteiger partial charge in [0.2, 0.25) is 0 Å². The van der Waals surface area contributed by atoms with E-state index >= 15 is 4.39 Å². The van der Waals surface area contributed by atoms with Crippen LogP contribution in [-0.4, -0.2) is 60.7 Å². The zero-order valence-electron chi connectivity index (χ0n) is 17.6. The van der Waals surface area contributed by atoms with Crippen molar-refractivity contribution in [2.45, 2.75) is 50.0 Å². The molecule has 0 saturated carbocycles. The van der Waals surface area contributed by atoms with Crippen molar-refractivity contribution in [3.05, 3.63) is 35.0 Å². The Labute approximate surface area is 178 Å². The predicted molar refractivity (Wildman–Crippen MR) is 114 cm³/mol. The second-order valence-corrected chi connectivity index (χ2v) is 8.86. The van der Waals surface area contributed by atoms with E-state index in [-0.39, 0.29) is 34.8 Å². The molecule has 2 unspecified atom stereocenters. The molecule has 31 heavy (non-hydrogen) atoms. The number of rotatable bonds is 3. The van der Waals surface area contributed by atoms with Crippen molar-refractivity contribution in [2.75, 3.05) is 11.9 Å². The molecule has 4 heterocycles. The van der Waals surface area contributed by atoms with Gasteiger partial charge in [-0.05, 0) is 38.3 Å². The monoisotopic (exact) mass is 425 g/mol. The first-order valence-corrected chi connectivity index (χ1v) is 10.3. The molecule has 10 heteroatoms. The molecule has 1 aromatic carbocycles. The van der Waals surface area contributed by atoms with Gasteiger partial charge in [0.25, 0.3) is 5.56 Å². The maximum absolute atomic E-state index is 15.0. The van der Waals surface area contributed by atoms with Crippen LogP contribution in [0.1, 0.15) is 26.2 Å². The van der Waals surface area contributed by atoms with E-state index in [1.54, 1.807) is 18.0 Å². The first-order chi connectivity index (χ1) is 14.8. The molecule has 2 saturated heterocycles. The predicted octanol–water partition coefficient (Wildman–Crippen LogP) is 1.55. The SMILES string of the molecule is CN(c1cnc(-c2cc3ncn(C)c(=O)c3cc2O)nn1)C1C[C@]2(C)CCC(N2)[C@H]1F. The van der Waals surface area contributed by atoms with Gasteiger partial charge in [0.1, 0.15) is 11.9 Å². The van der Waals surface area contributed by atoms with Crippen molar-refractivity contribution in [3.8, 4) is 17.1 Å². The number of nitrogens with zero attached hydrogens (tertiary/aromatic N) is 6. The first-order valence-electron chi connectivity index (χ1n) is 10.3. The number of alkyl halides is 1. The van der Waals surface area contributed by atoms with Crippen LogP contribution in [0.5, 0.6) is 5.75 Å². The molecule has 2 fully saturated rings. The van der Waals surface area contributed by atoms with E-state index in [0.717, 1.165) is 12.8 Å². The maximum atomic E-state index is 15.0. The molecule has 162 valence electrons. The first kappa shape index (κ1) is 19.8. The Balaban J connectivity index is 1.44. The van der Waals surface area contributed by atoms with Gasteiger partial charge in [-0.25, -0.2) is 14.4 Å². The second-order valence-electron chi connectivity index (χ2n) is 8.86. The van der Waals surface area contributed by atoms with Gasteiger partial charge in [-0.2, -0.15) is 0 Å². The number of halogens is 1. The highest BCUT2D eigenvalue weighted by atomic mass is 19.1. The van der Waals surface area contributed by atoms with E-state index in [1.807, 2.05) is 7.05 Å². The molecule has 2 N–H and O–H groups in total. The lowest BCUT2D eigenvalue weighted by Crippen LogP contribution is -2.60. The summed E-state index contributed by atoms with van der Waals surface area (Å²) < 4.78 is 16.4. The van der Waals surface area contributed by atoms with Crippen molar-refractivity contribution in [2.24, 2.45) is 7.05 Å². The third-order valence-corrected chi connectivity index (χ3v) is 6.64. The zero-order chi connectivity index (χ0) is 21.9. The van der Waals surface area contributed by atoms with Crippen LogP contribution in [0.4, 0.5) is 10.2 Å². The van der Waals surface area contributed by atoms with Crippen LogP contribution in [0.15, 0.2) is 29.5 Å². The van der Waals surface area contributed by atoms with Crippen molar-refractivity contribution in [1.82, 2.24) is 30.0 Å². The van der Waals surface area contributed by atoms with Gasteiger partial charge in [0, 0.05) is 25.7 Å². The summed E-state index contributed by atoms with van der Waals surface area (Å²) in [4.78, 5) is 22.6. The van der Waals surface area contributed by atoms with Crippen LogP contribution in [0.2, 0.25) is 0 Å². The zero-order valence-corrected chi connectivity index (χ0v) is 17.6. The van der Waals surface area contributed by atoms with E-state index in [0.29, 0.717) is 28.7 Å². The standard InChI is InChI=1S/C21H24FN7O2/c1-21-5-4-13(25-21)18(22)15(8-21)29(3)17-9-23-19(27-26-17)12-6-14-11(7-16(12)30)20(31)28(2)10-24-14/h6-7,9-10,13,15,18,25,30H,4-5,8H2,1-3H3/t13?,15?,18-,21+/m1/s1. The van der Waals surface area contributed by atoms with Gasteiger partial charge in [0.15, 0.2) is 11.6 Å². The van der Waals surface area contributed by atoms with Gasteiger partial charge in [-0.1, -0.05) is 0 Å². The Morgan fingerprint density at radius 2 is 2.13 bits per heavy atom. The number of aromatic nitrogens is 5. The molecular weight excluding hydrogens is 401 g/mol. The van der Waals surface area contributed by atoms with Crippen molar-refractivity contribution in [3.63, 3.8) is 0 Å². The Morgan fingerprint density at radius 3 is 2.87 bits per heavy atom. The van der Waals surface area contributed by atoms with Gasteiger partial charge < -0.3 is 19.9 Å². The summed E-state index contributed by atoms with van der Waals surface area (Å²) in [6.45, 7) is 2.14. The van der Waals surface area contributed by atoms with Gasteiger partial charge >= 0.3 is 0 Å². The molecule has 2 aromatic heterocycles. The van der Waals surface area contributed by atoms with Gasteiger partial charge in [0.05, 0.1) is 35.0 Å². The molecule has 4 atom stereocenters. The minimum absolute atomic E-state index is 0.0616. The lowest BCUT2D eigenvalue weighted by atomic mass is 9.87. The highest BCUT2D eigenvalue weighted by molar-refractivity contribution is 5.85. The lowest BCUT2D eigenvalue weighted by Gasteiger charge is -2.43. The van der Waals surface area contributed by atoms with E-state index in [2.05, 4.69) is 32.4 Å². The summed E-state index contributed by atoms with van der Waals surface area (Å²) in [5.74, 6) is 0.536. The lowest BCUT2D eigenvalue weighted by molar-refractivity contribution is 0.144. The quantitative estimate of drug-likeness (QED) is 0.651. The molecule has 9 nitrogen and oxygen atoms in total. The number of hydrogen-bond acceptors (Lipinski definition) is 8. The van der Waals surface area contributed by atoms with Crippen molar-refractivity contribution >= 4 is 16.7 Å². The molecule has 2 aliphatic rings. The summed E-state index contributed by atoms with van der Waals surface area (Å²) in [6, 6.07) is 2.48. The molecule has 5 rings (SSSR count). The molecule has 0 spiro atoms. The van der Waals surface area contributed by atoms with Crippen LogP contribution in [0.3, 0.4) is 0 Å². The Hall–Kier alpha value is -3.14. The summed E-state index contributed by atoms with van der Waals surface area (Å²) in [5, 5.41) is 22.5. The van der Waals surface area contributed by atoms with E-state index in [1.165, 1.54) is 23.2 Å². The fraction of sp³-hybridized carbons (Fsp3) is 0.476. The van der Waals surface area contributed by atoms with E-state index in [4.69, 9.17) is 0 Å². The smallest absolute Gasteiger partial charge is 0.261 e. The summed E-state index contributed by atoms with van der Waals surface area (Å²) >= 11 is 0. The highest BCUT2D eigenvalue weighted by Gasteiger charge is 2.49. The third-order valence-electron chi connectivity index (χ3n) is 6.64. The maximum Gasteiger partial charge on any atom is 0.261 e. The van der Waals surface area contributed by atoms with Crippen molar-refractivity contribution < 1.29 is 9.50 Å². The number of benzene rings is 1. The molecule has 2 aliphatic heterocycles. The van der Waals surface area contributed by atoms with Crippen LogP contribution in [0, 0.1) is 0 Å². The van der Waals surface area contributed by atoms with E-state index in [9.17, 15) is 9.90 Å². The van der Waals surface area contributed by atoms with Crippen LogP contribution < -0.4 is 15.8 Å². The fourth-order valence-corrected chi connectivity index (χ4v) is 4.81. The average Bonchev–Trinajstić information content (AvgIpc) is 3.10. The topological polar surface area (TPSA) is 109 Å². The number of phenols is 1. The molecule has 0 aliphatic carbocycles. The normalized spacial score (nSPS) is 27.5. The van der Waals surface area contributed by atoms with Crippen LogP contribution in [0.25, 0.3) is 22.3 Å². The Bertz CT molecular complexity index is 1210. The van der Waals surface area contributed by atoms with Gasteiger partial charge in [-0.3, -0.25) is 4.79 Å². The molecule has 0 amide bonds. The summed E-state index contributed by atoms with van der Waals surface area (Å²) in [7, 11) is 3.40. The number of phenolic OH excluding ortho intramolecular Hbond substituents is 1. The molecule has 0 radical (unpaired) electrons. The number of anilines is 1. The minimum atomic E-state index is -1.000. The molecule has 3 aromatic rings. The Morgan fingerprint density at radius 1 is 1.32 bits per heavy atom. The second kappa shape index (κ2) is 6.94. The summed E-state index contributed by atoms with van der Waals surface area (Å²) in [5.41, 5.74) is 0.437. The minimum Gasteiger partial charge on any atom is -0.507 e.